The molecule has 3 rings (SSSR count). The molecule has 138 valence electrons. The van der Waals surface area contributed by atoms with E-state index >= 15 is 0 Å². The lowest BCUT2D eigenvalue weighted by Crippen LogP contribution is -2.59. The van der Waals surface area contributed by atoms with Crippen LogP contribution in [0.15, 0.2) is 24.3 Å². The highest BCUT2D eigenvalue weighted by Crippen LogP contribution is 2.24. The predicted octanol–water partition coefficient (Wildman–Crippen LogP) is 2.81. The van der Waals surface area contributed by atoms with Gasteiger partial charge in [-0.25, -0.2) is 0 Å². The van der Waals surface area contributed by atoms with Gasteiger partial charge in [0, 0.05) is 44.7 Å². The number of nitrogens with zero attached hydrogens (tertiary/aromatic N) is 3. The summed E-state index contributed by atoms with van der Waals surface area (Å²) in [5, 5.41) is 0. The van der Waals surface area contributed by atoms with E-state index in [0.717, 1.165) is 32.6 Å². The topological polar surface area (TPSA) is 43.9 Å². The summed E-state index contributed by atoms with van der Waals surface area (Å²) in [7, 11) is 0. The highest BCUT2D eigenvalue weighted by atomic mass is 35.5. The minimum Gasteiger partial charge on any atom is -0.369 e. The number of hydrogen-bond acceptors (Lipinski definition) is 4. The van der Waals surface area contributed by atoms with Gasteiger partial charge in [0.25, 0.3) is 0 Å². The third-order valence-electron chi connectivity index (χ3n) is 5.17. The Hall–Kier alpha value is -1.59. The van der Waals surface area contributed by atoms with Crippen LogP contribution in [-0.2, 0) is 9.59 Å². The SMILES string of the molecule is CCC(N1CCN(c2ccccc2C)CC1)N1C(=O)CCCC1=O.Cl. The number of piperidine rings is 1. The molecule has 25 heavy (non-hydrogen) atoms. The fourth-order valence-corrected chi connectivity index (χ4v) is 3.89. The first-order valence-corrected chi connectivity index (χ1v) is 9.01. The lowest BCUT2D eigenvalue weighted by Gasteiger charge is -2.44. The number of likely N-dealkylation sites (tertiary alicyclic amines) is 1. The van der Waals surface area contributed by atoms with Crippen molar-refractivity contribution in [1.82, 2.24) is 9.80 Å². The first-order chi connectivity index (χ1) is 11.6. The van der Waals surface area contributed by atoms with Crippen LogP contribution in [0.3, 0.4) is 0 Å². The van der Waals surface area contributed by atoms with Crippen molar-refractivity contribution in [3.63, 3.8) is 0 Å². The number of amides is 2. The largest absolute Gasteiger partial charge is 0.369 e. The van der Waals surface area contributed by atoms with E-state index in [4.69, 9.17) is 0 Å². The van der Waals surface area contributed by atoms with Gasteiger partial charge in [-0.05, 0) is 31.4 Å². The van der Waals surface area contributed by atoms with E-state index in [1.807, 2.05) is 0 Å². The second-order valence-electron chi connectivity index (χ2n) is 6.71. The maximum atomic E-state index is 12.2. The molecule has 2 aliphatic heterocycles. The van der Waals surface area contributed by atoms with Crippen molar-refractivity contribution in [3.05, 3.63) is 29.8 Å². The summed E-state index contributed by atoms with van der Waals surface area (Å²) in [6, 6.07) is 8.45. The second-order valence-corrected chi connectivity index (χ2v) is 6.71. The average Bonchev–Trinajstić information content (AvgIpc) is 2.59. The summed E-state index contributed by atoms with van der Waals surface area (Å²) >= 11 is 0. The minimum absolute atomic E-state index is 0. The Morgan fingerprint density at radius 3 is 2.16 bits per heavy atom. The molecule has 0 N–H and O–H groups in total. The molecular weight excluding hydrogens is 338 g/mol. The number of aryl methyl sites for hydroxylation is 1. The van der Waals surface area contributed by atoms with Crippen molar-refractivity contribution in [2.45, 2.75) is 45.7 Å². The lowest BCUT2D eigenvalue weighted by molar-refractivity contribution is -0.156. The van der Waals surface area contributed by atoms with Gasteiger partial charge in [-0.15, -0.1) is 12.4 Å². The first-order valence-electron chi connectivity index (χ1n) is 9.01. The molecule has 1 atom stereocenters. The quantitative estimate of drug-likeness (QED) is 0.769. The number of rotatable bonds is 4. The molecule has 1 aromatic carbocycles. The minimum atomic E-state index is -0.0793. The number of carbonyl (C=O) groups is 2. The van der Waals surface area contributed by atoms with Crippen LogP contribution in [0.2, 0.25) is 0 Å². The fraction of sp³-hybridized carbons (Fsp3) is 0.579. The summed E-state index contributed by atoms with van der Waals surface area (Å²) < 4.78 is 0. The number of benzene rings is 1. The van der Waals surface area contributed by atoms with E-state index in [-0.39, 0.29) is 30.4 Å². The highest BCUT2D eigenvalue weighted by molar-refractivity contribution is 5.97. The molecule has 2 amide bonds. The normalized spacial score (nSPS) is 20.4. The molecule has 1 unspecified atom stereocenters. The van der Waals surface area contributed by atoms with Crippen molar-refractivity contribution in [1.29, 1.82) is 0 Å². The van der Waals surface area contributed by atoms with E-state index in [1.165, 1.54) is 16.2 Å². The maximum Gasteiger partial charge on any atom is 0.230 e. The van der Waals surface area contributed by atoms with Gasteiger partial charge in [0.2, 0.25) is 11.8 Å². The van der Waals surface area contributed by atoms with Crippen LogP contribution >= 0.6 is 12.4 Å². The highest BCUT2D eigenvalue weighted by Gasteiger charge is 2.36. The number of carbonyl (C=O) groups excluding carboxylic acids is 2. The van der Waals surface area contributed by atoms with E-state index in [1.54, 1.807) is 0 Å². The molecule has 5 nitrogen and oxygen atoms in total. The van der Waals surface area contributed by atoms with Crippen LogP contribution in [0, 0.1) is 6.92 Å². The summed E-state index contributed by atoms with van der Waals surface area (Å²) in [6.07, 6.45) is 2.42. The second kappa shape index (κ2) is 8.68. The molecular formula is C19H28ClN3O2. The van der Waals surface area contributed by atoms with E-state index < -0.39 is 0 Å². The molecule has 2 saturated heterocycles. The van der Waals surface area contributed by atoms with Gasteiger partial charge in [0.15, 0.2) is 0 Å². The Bertz CT molecular complexity index is 598. The number of imide groups is 1. The molecule has 2 aliphatic rings. The number of piperazine rings is 1. The van der Waals surface area contributed by atoms with Crippen LogP contribution in [0.1, 0.15) is 38.2 Å². The summed E-state index contributed by atoms with van der Waals surface area (Å²) in [5.41, 5.74) is 2.58. The van der Waals surface area contributed by atoms with E-state index in [2.05, 4.69) is 47.9 Å². The van der Waals surface area contributed by atoms with Crippen molar-refractivity contribution in [2.75, 3.05) is 31.1 Å². The van der Waals surface area contributed by atoms with Gasteiger partial charge in [0.05, 0.1) is 6.17 Å². The standard InChI is InChI=1S/C19H27N3O2.ClH/c1-3-17(22-18(23)9-6-10-19(22)24)21-13-11-20(12-14-21)16-8-5-4-7-15(16)2;/h4-5,7-8,17H,3,6,9-14H2,1-2H3;1H. The van der Waals surface area contributed by atoms with Gasteiger partial charge >= 0.3 is 0 Å². The van der Waals surface area contributed by atoms with Gasteiger partial charge in [-0.1, -0.05) is 25.1 Å². The molecule has 6 heteroatoms. The third-order valence-corrected chi connectivity index (χ3v) is 5.17. The summed E-state index contributed by atoms with van der Waals surface area (Å²) in [6.45, 7) is 7.82. The Balaban J connectivity index is 0.00000225. The van der Waals surface area contributed by atoms with Crippen molar-refractivity contribution in [3.8, 4) is 0 Å². The zero-order valence-corrected chi connectivity index (χ0v) is 15.9. The van der Waals surface area contributed by atoms with Crippen LogP contribution in [0.5, 0.6) is 0 Å². The lowest BCUT2D eigenvalue weighted by atomic mass is 10.1. The van der Waals surface area contributed by atoms with Gasteiger partial charge < -0.3 is 4.90 Å². The first kappa shape index (κ1) is 19.7. The number of hydrogen-bond donors (Lipinski definition) is 0. The zero-order chi connectivity index (χ0) is 17.1. The van der Waals surface area contributed by atoms with Crippen LogP contribution in [0.25, 0.3) is 0 Å². The molecule has 0 radical (unpaired) electrons. The molecule has 0 bridgehead atoms. The summed E-state index contributed by atoms with van der Waals surface area (Å²) in [4.78, 5) is 30.7. The van der Waals surface area contributed by atoms with Crippen molar-refractivity contribution >= 4 is 29.9 Å². The molecule has 2 heterocycles. The Morgan fingerprint density at radius 1 is 1.00 bits per heavy atom. The molecule has 0 saturated carbocycles. The van der Waals surface area contributed by atoms with Crippen molar-refractivity contribution in [2.24, 2.45) is 0 Å². The molecule has 2 fully saturated rings. The van der Waals surface area contributed by atoms with Crippen molar-refractivity contribution < 1.29 is 9.59 Å². The molecule has 0 aromatic heterocycles. The number of para-hydroxylation sites is 1. The van der Waals surface area contributed by atoms with Gasteiger partial charge in [-0.3, -0.25) is 19.4 Å². The fourth-order valence-electron chi connectivity index (χ4n) is 3.89. The van der Waals surface area contributed by atoms with Crippen LogP contribution in [0.4, 0.5) is 5.69 Å². The zero-order valence-electron chi connectivity index (χ0n) is 15.1. The van der Waals surface area contributed by atoms with Gasteiger partial charge in [-0.2, -0.15) is 0 Å². The number of halogens is 1. The summed E-state index contributed by atoms with van der Waals surface area (Å²) in [5.74, 6) is -0.00105. The maximum absolute atomic E-state index is 12.2. The van der Waals surface area contributed by atoms with E-state index in [0.29, 0.717) is 19.3 Å². The number of anilines is 1. The predicted molar refractivity (Wildman–Crippen MR) is 102 cm³/mol. The van der Waals surface area contributed by atoms with Crippen LogP contribution < -0.4 is 4.90 Å². The Labute approximate surface area is 156 Å². The van der Waals surface area contributed by atoms with E-state index in [9.17, 15) is 9.59 Å². The average molecular weight is 366 g/mol. The molecule has 1 aromatic rings. The smallest absolute Gasteiger partial charge is 0.230 e. The molecule has 0 spiro atoms. The Kier molecular flexibility index (Phi) is 6.85. The van der Waals surface area contributed by atoms with Gasteiger partial charge in [0.1, 0.15) is 0 Å². The monoisotopic (exact) mass is 365 g/mol. The molecule has 0 aliphatic carbocycles. The van der Waals surface area contributed by atoms with Crippen LogP contribution in [-0.4, -0.2) is 54.0 Å². The Morgan fingerprint density at radius 2 is 1.60 bits per heavy atom. The third kappa shape index (κ3) is 4.15.